The molecule has 2 rings (SSSR count). The van der Waals surface area contributed by atoms with Crippen LogP contribution in [-0.4, -0.2) is 11.0 Å². The van der Waals surface area contributed by atoms with Crippen LogP contribution < -0.4 is 10.1 Å². The summed E-state index contributed by atoms with van der Waals surface area (Å²) in [6.45, 7) is 4.91. The van der Waals surface area contributed by atoms with Gasteiger partial charge in [0.25, 0.3) is 0 Å². The van der Waals surface area contributed by atoms with Crippen molar-refractivity contribution in [1.29, 1.82) is 0 Å². The molecule has 20 heavy (non-hydrogen) atoms. The number of pyridine rings is 1. The number of aromatic nitrogens is 1. The molecule has 0 atom stereocenters. The van der Waals surface area contributed by atoms with E-state index >= 15 is 0 Å². The molecule has 106 valence electrons. The van der Waals surface area contributed by atoms with Crippen LogP contribution in [0.25, 0.3) is 0 Å². The maximum Gasteiger partial charge on any atom is 0.219 e. The smallest absolute Gasteiger partial charge is 0.219 e. The zero-order chi connectivity index (χ0) is 14.5. The average molecular weight is 339 g/mol. The van der Waals surface area contributed by atoms with E-state index in [9.17, 15) is 4.39 Å². The second-order valence-electron chi connectivity index (χ2n) is 4.72. The molecule has 1 N–H and O–H groups in total. The van der Waals surface area contributed by atoms with Gasteiger partial charge in [-0.05, 0) is 39.7 Å². The minimum absolute atomic E-state index is 0.361. The fourth-order valence-electron chi connectivity index (χ4n) is 1.60. The van der Waals surface area contributed by atoms with Gasteiger partial charge in [0.15, 0.2) is 0 Å². The van der Waals surface area contributed by atoms with Gasteiger partial charge in [0.05, 0.1) is 4.47 Å². The first-order valence-corrected chi connectivity index (χ1v) is 7.15. The molecule has 5 heteroatoms. The minimum atomic E-state index is -0.361. The molecule has 3 nitrogen and oxygen atoms in total. The van der Waals surface area contributed by atoms with Crippen LogP contribution in [0.15, 0.2) is 41.0 Å². The standard InChI is InChI=1S/C15H16BrFN2O/c1-10(2)19-9-11-5-6-18-15(7-11)20-12-3-4-13(16)14(17)8-12/h3-8,10,19H,9H2,1-2H3. The van der Waals surface area contributed by atoms with Crippen LogP contribution in [0.1, 0.15) is 19.4 Å². The molecular weight excluding hydrogens is 323 g/mol. The monoisotopic (exact) mass is 338 g/mol. The van der Waals surface area contributed by atoms with Gasteiger partial charge in [-0.15, -0.1) is 0 Å². The molecule has 0 fully saturated rings. The summed E-state index contributed by atoms with van der Waals surface area (Å²) >= 11 is 3.11. The van der Waals surface area contributed by atoms with Crippen LogP contribution in [0.3, 0.4) is 0 Å². The highest BCUT2D eigenvalue weighted by Crippen LogP contribution is 2.24. The predicted molar refractivity (Wildman–Crippen MR) is 80.4 cm³/mol. The molecule has 0 spiro atoms. The lowest BCUT2D eigenvalue weighted by Crippen LogP contribution is -2.21. The Morgan fingerprint density at radius 1 is 1.30 bits per heavy atom. The van der Waals surface area contributed by atoms with E-state index in [0.29, 0.717) is 22.1 Å². The summed E-state index contributed by atoms with van der Waals surface area (Å²) in [4.78, 5) is 4.13. The molecule has 0 radical (unpaired) electrons. The van der Waals surface area contributed by atoms with E-state index in [1.54, 1.807) is 18.3 Å². The first-order chi connectivity index (χ1) is 9.54. The Bertz CT molecular complexity index is 590. The normalized spacial score (nSPS) is 10.8. The second-order valence-corrected chi connectivity index (χ2v) is 5.57. The van der Waals surface area contributed by atoms with Crippen molar-refractivity contribution in [3.05, 3.63) is 52.4 Å². The SMILES string of the molecule is CC(C)NCc1ccnc(Oc2ccc(Br)c(F)c2)c1. The Morgan fingerprint density at radius 2 is 2.10 bits per heavy atom. The summed E-state index contributed by atoms with van der Waals surface area (Å²) in [6.07, 6.45) is 1.68. The molecule has 1 aromatic carbocycles. The summed E-state index contributed by atoms with van der Waals surface area (Å²) in [7, 11) is 0. The number of halogens is 2. The van der Waals surface area contributed by atoms with Crippen LogP contribution in [0.5, 0.6) is 11.6 Å². The van der Waals surface area contributed by atoms with Crippen molar-refractivity contribution >= 4 is 15.9 Å². The van der Waals surface area contributed by atoms with Crippen LogP contribution in [-0.2, 0) is 6.54 Å². The Labute approximate surface area is 126 Å². The van der Waals surface area contributed by atoms with Crippen molar-refractivity contribution in [2.75, 3.05) is 0 Å². The summed E-state index contributed by atoms with van der Waals surface area (Å²) in [5.74, 6) is 0.516. The largest absolute Gasteiger partial charge is 0.439 e. The van der Waals surface area contributed by atoms with Gasteiger partial charge in [0.2, 0.25) is 5.88 Å². The molecule has 2 aromatic rings. The number of hydrogen-bond donors (Lipinski definition) is 1. The molecule has 0 unspecified atom stereocenters. The molecular formula is C15H16BrFN2O. The van der Waals surface area contributed by atoms with Crippen LogP contribution >= 0.6 is 15.9 Å². The van der Waals surface area contributed by atoms with Gasteiger partial charge < -0.3 is 10.1 Å². The summed E-state index contributed by atoms with van der Waals surface area (Å²) in [5.41, 5.74) is 1.07. The molecule has 0 saturated heterocycles. The van der Waals surface area contributed by atoms with Crippen molar-refractivity contribution in [3.63, 3.8) is 0 Å². The zero-order valence-electron chi connectivity index (χ0n) is 11.4. The summed E-state index contributed by atoms with van der Waals surface area (Å²) < 4.78 is 19.4. The lowest BCUT2D eigenvalue weighted by molar-refractivity contribution is 0.456. The van der Waals surface area contributed by atoms with Gasteiger partial charge >= 0.3 is 0 Å². The first-order valence-electron chi connectivity index (χ1n) is 6.36. The van der Waals surface area contributed by atoms with Crippen molar-refractivity contribution in [2.24, 2.45) is 0 Å². The Kier molecular flexibility index (Phi) is 5.09. The number of hydrogen-bond acceptors (Lipinski definition) is 3. The number of benzene rings is 1. The number of nitrogens with one attached hydrogen (secondary N) is 1. The van der Waals surface area contributed by atoms with E-state index in [4.69, 9.17) is 4.74 Å². The van der Waals surface area contributed by atoms with Crippen LogP contribution in [0.2, 0.25) is 0 Å². The van der Waals surface area contributed by atoms with E-state index in [0.717, 1.165) is 12.1 Å². The third-order valence-electron chi connectivity index (χ3n) is 2.63. The lowest BCUT2D eigenvalue weighted by Gasteiger charge is -2.10. The lowest BCUT2D eigenvalue weighted by atomic mass is 10.2. The molecule has 0 aliphatic heterocycles. The fraction of sp³-hybridized carbons (Fsp3) is 0.267. The third kappa shape index (κ3) is 4.28. The Morgan fingerprint density at radius 3 is 2.80 bits per heavy atom. The molecule has 0 aliphatic carbocycles. The van der Waals surface area contributed by atoms with E-state index in [1.807, 2.05) is 12.1 Å². The highest BCUT2D eigenvalue weighted by atomic mass is 79.9. The number of nitrogens with zero attached hydrogens (tertiary/aromatic N) is 1. The highest BCUT2D eigenvalue weighted by molar-refractivity contribution is 9.10. The Balaban J connectivity index is 2.08. The van der Waals surface area contributed by atoms with E-state index in [1.165, 1.54) is 6.07 Å². The quantitative estimate of drug-likeness (QED) is 0.883. The van der Waals surface area contributed by atoms with Crippen LogP contribution in [0.4, 0.5) is 4.39 Å². The molecule has 0 amide bonds. The molecule has 1 aromatic heterocycles. The topological polar surface area (TPSA) is 34.2 Å². The van der Waals surface area contributed by atoms with Crippen molar-refractivity contribution in [1.82, 2.24) is 10.3 Å². The highest BCUT2D eigenvalue weighted by Gasteiger charge is 2.04. The summed E-state index contributed by atoms with van der Waals surface area (Å²) in [5, 5.41) is 3.32. The predicted octanol–water partition coefficient (Wildman–Crippen LogP) is 4.27. The van der Waals surface area contributed by atoms with E-state index in [-0.39, 0.29) is 5.82 Å². The average Bonchev–Trinajstić information content (AvgIpc) is 2.41. The van der Waals surface area contributed by atoms with Crippen molar-refractivity contribution in [3.8, 4) is 11.6 Å². The van der Waals surface area contributed by atoms with Crippen LogP contribution in [0, 0.1) is 5.82 Å². The second kappa shape index (κ2) is 6.81. The zero-order valence-corrected chi connectivity index (χ0v) is 12.9. The van der Waals surface area contributed by atoms with Crippen molar-refractivity contribution in [2.45, 2.75) is 26.4 Å². The molecule has 1 heterocycles. The van der Waals surface area contributed by atoms with Gasteiger partial charge in [0, 0.05) is 30.9 Å². The third-order valence-corrected chi connectivity index (χ3v) is 3.27. The van der Waals surface area contributed by atoms with E-state index in [2.05, 4.69) is 40.1 Å². The fourth-order valence-corrected chi connectivity index (χ4v) is 1.85. The van der Waals surface area contributed by atoms with Gasteiger partial charge in [-0.25, -0.2) is 9.37 Å². The van der Waals surface area contributed by atoms with E-state index < -0.39 is 0 Å². The number of ether oxygens (including phenoxy) is 1. The van der Waals surface area contributed by atoms with Gasteiger partial charge in [-0.1, -0.05) is 13.8 Å². The van der Waals surface area contributed by atoms with Crippen molar-refractivity contribution < 1.29 is 9.13 Å². The molecule has 0 bridgehead atoms. The number of rotatable bonds is 5. The van der Waals surface area contributed by atoms with Gasteiger partial charge in [0.1, 0.15) is 11.6 Å². The van der Waals surface area contributed by atoms with Gasteiger partial charge in [-0.2, -0.15) is 0 Å². The maximum absolute atomic E-state index is 13.4. The summed E-state index contributed by atoms with van der Waals surface area (Å²) in [6, 6.07) is 8.79. The molecule has 0 aliphatic rings. The van der Waals surface area contributed by atoms with Gasteiger partial charge in [-0.3, -0.25) is 0 Å². The maximum atomic E-state index is 13.4. The first kappa shape index (κ1) is 14.9. The molecule has 0 saturated carbocycles. The Hall–Kier alpha value is -1.46. The minimum Gasteiger partial charge on any atom is -0.439 e.